The molecule has 0 bridgehead atoms. The molecule has 0 aliphatic rings. The lowest BCUT2D eigenvalue weighted by atomic mass is 10.3. The number of carboxylic acid groups (broad SMARTS) is 1. The number of hydrogen-bond donors (Lipinski definition) is 2. The molecule has 8 heteroatoms. The molecule has 1 rings (SSSR count). The molecule has 0 radical (unpaired) electrons. The molecule has 1 aromatic heterocycles. The molecule has 0 fully saturated rings. The average Bonchev–Trinajstić information content (AvgIpc) is 2.74. The Labute approximate surface area is 117 Å². The average molecular weight is 284 g/mol. The number of hydrogen-bond acceptors (Lipinski definition) is 5. The van der Waals surface area contributed by atoms with Gasteiger partial charge in [-0.1, -0.05) is 5.21 Å². The standard InChI is InChI=1S/C12H20N4O4/c1-9(2)20-5-3-4-13-11(17)8-16-7-10(14-15-16)6-12(18)19/h7,9H,3-6,8H2,1-2H3,(H,13,17)(H,18,19). The number of carboxylic acids is 1. The minimum atomic E-state index is -0.980. The predicted molar refractivity (Wildman–Crippen MR) is 70.1 cm³/mol. The molecule has 0 spiro atoms. The molecule has 0 atom stereocenters. The highest BCUT2D eigenvalue weighted by Crippen LogP contribution is 1.95. The van der Waals surface area contributed by atoms with Crippen LogP contribution in [0.2, 0.25) is 0 Å². The van der Waals surface area contributed by atoms with Crippen LogP contribution < -0.4 is 5.32 Å². The first-order valence-corrected chi connectivity index (χ1v) is 6.46. The fourth-order valence-electron chi connectivity index (χ4n) is 1.47. The second-order valence-corrected chi connectivity index (χ2v) is 4.60. The van der Waals surface area contributed by atoms with Gasteiger partial charge in [0.1, 0.15) is 6.54 Å². The lowest BCUT2D eigenvalue weighted by Crippen LogP contribution is -2.29. The van der Waals surface area contributed by atoms with Crippen LogP contribution in [0.3, 0.4) is 0 Å². The van der Waals surface area contributed by atoms with Crippen LogP contribution in [0.4, 0.5) is 0 Å². The number of ether oxygens (including phenoxy) is 1. The van der Waals surface area contributed by atoms with Crippen LogP contribution in [0.25, 0.3) is 0 Å². The molecule has 0 unspecified atom stereocenters. The van der Waals surface area contributed by atoms with E-state index in [1.54, 1.807) is 0 Å². The van der Waals surface area contributed by atoms with Crippen LogP contribution in [-0.4, -0.2) is 51.2 Å². The van der Waals surface area contributed by atoms with Crippen molar-refractivity contribution in [1.29, 1.82) is 0 Å². The number of aliphatic carboxylic acids is 1. The number of carbonyl (C=O) groups excluding carboxylic acids is 1. The quantitative estimate of drug-likeness (QED) is 0.610. The van der Waals surface area contributed by atoms with Crippen LogP contribution in [0.15, 0.2) is 6.20 Å². The Morgan fingerprint density at radius 2 is 2.25 bits per heavy atom. The van der Waals surface area contributed by atoms with Gasteiger partial charge in [0.05, 0.1) is 18.2 Å². The third kappa shape index (κ3) is 6.83. The first-order valence-electron chi connectivity index (χ1n) is 6.46. The Kier molecular flexibility index (Phi) is 6.65. The topological polar surface area (TPSA) is 106 Å². The zero-order chi connectivity index (χ0) is 15.0. The van der Waals surface area contributed by atoms with E-state index in [0.29, 0.717) is 18.8 Å². The largest absolute Gasteiger partial charge is 0.481 e. The number of nitrogens with zero attached hydrogens (tertiary/aromatic N) is 3. The Hall–Kier alpha value is -1.96. The normalized spacial score (nSPS) is 10.8. The second kappa shape index (κ2) is 8.26. The lowest BCUT2D eigenvalue weighted by Gasteiger charge is -2.08. The van der Waals surface area contributed by atoms with Gasteiger partial charge in [0, 0.05) is 19.3 Å². The molecule has 1 heterocycles. The van der Waals surface area contributed by atoms with Crippen LogP contribution in [0.1, 0.15) is 26.0 Å². The third-order valence-corrected chi connectivity index (χ3v) is 2.32. The summed E-state index contributed by atoms with van der Waals surface area (Å²) in [4.78, 5) is 22.1. The molecule has 1 aromatic rings. The van der Waals surface area contributed by atoms with Crippen molar-refractivity contribution in [2.45, 2.75) is 39.3 Å². The smallest absolute Gasteiger partial charge is 0.309 e. The van der Waals surface area contributed by atoms with Gasteiger partial charge in [-0.2, -0.15) is 0 Å². The van der Waals surface area contributed by atoms with Crippen LogP contribution in [0.5, 0.6) is 0 Å². The zero-order valence-corrected chi connectivity index (χ0v) is 11.7. The highest BCUT2D eigenvalue weighted by molar-refractivity contribution is 5.75. The van der Waals surface area contributed by atoms with E-state index in [1.807, 2.05) is 13.8 Å². The van der Waals surface area contributed by atoms with Crippen LogP contribution in [0, 0.1) is 0 Å². The van der Waals surface area contributed by atoms with Gasteiger partial charge in [-0.05, 0) is 20.3 Å². The molecule has 0 saturated carbocycles. The third-order valence-electron chi connectivity index (χ3n) is 2.32. The number of aromatic nitrogens is 3. The molecule has 0 saturated heterocycles. The molecule has 8 nitrogen and oxygen atoms in total. The zero-order valence-electron chi connectivity index (χ0n) is 11.7. The van der Waals surface area contributed by atoms with Gasteiger partial charge in [-0.15, -0.1) is 5.10 Å². The number of nitrogens with one attached hydrogen (secondary N) is 1. The van der Waals surface area contributed by atoms with E-state index < -0.39 is 5.97 Å². The summed E-state index contributed by atoms with van der Waals surface area (Å²) in [5.74, 6) is -1.17. The molecule has 2 N–H and O–H groups in total. The summed E-state index contributed by atoms with van der Waals surface area (Å²) in [7, 11) is 0. The van der Waals surface area contributed by atoms with Crippen molar-refractivity contribution in [2.24, 2.45) is 0 Å². The second-order valence-electron chi connectivity index (χ2n) is 4.60. The van der Waals surface area contributed by atoms with Crippen molar-refractivity contribution in [3.63, 3.8) is 0 Å². The van der Waals surface area contributed by atoms with Crippen molar-refractivity contribution in [2.75, 3.05) is 13.2 Å². The van der Waals surface area contributed by atoms with Gasteiger partial charge < -0.3 is 15.2 Å². The highest BCUT2D eigenvalue weighted by Gasteiger charge is 2.08. The maximum Gasteiger partial charge on any atom is 0.309 e. The molecule has 0 aliphatic heterocycles. The number of carbonyl (C=O) groups is 2. The lowest BCUT2D eigenvalue weighted by molar-refractivity contribution is -0.136. The van der Waals surface area contributed by atoms with Crippen molar-refractivity contribution in [3.8, 4) is 0 Å². The summed E-state index contributed by atoms with van der Waals surface area (Å²) in [6.45, 7) is 5.07. The van der Waals surface area contributed by atoms with Crippen molar-refractivity contribution in [3.05, 3.63) is 11.9 Å². The highest BCUT2D eigenvalue weighted by atomic mass is 16.5. The van der Waals surface area contributed by atoms with Crippen molar-refractivity contribution >= 4 is 11.9 Å². The van der Waals surface area contributed by atoms with E-state index in [1.165, 1.54) is 10.9 Å². The van der Waals surface area contributed by atoms with Gasteiger partial charge in [-0.3, -0.25) is 9.59 Å². The molecule has 1 amide bonds. The maximum absolute atomic E-state index is 11.6. The molecular formula is C12H20N4O4. The Morgan fingerprint density at radius 3 is 2.90 bits per heavy atom. The van der Waals surface area contributed by atoms with E-state index in [4.69, 9.17) is 9.84 Å². The van der Waals surface area contributed by atoms with E-state index in [2.05, 4.69) is 15.6 Å². The maximum atomic E-state index is 11.6. The monoisotopic (exact) mass is 284 g/mol. The summed E-state index contributed by atoms with van der Waals surface area (Å²) >= 11 is 0. The van der Waals surface area contributed by atoms with E-state index in [9.17, 15) is 9.59 Å². The predicted octanol–water partition coefficient (Wildman–Crippen LogP) is -0.163. The molecule has 0 aromatic carbocycles. The Balaban J connectivity index is 2.21. The van der Waals surface area contributed by atoms with Gasteiger partial charge in [0.2, 0.25) is 5.91 Å². The van der Waals surface area contributed by atoms with Gasteiger partial charge >= 0.3 is 5.97 Å². The molecule has 0 aliphatic carbocycles. The first-order chi connectivity index (χ1) is 9.47. The van der Waals surface area contributed by atoms with Crippen LogP contribution >= 0.6 is 0 Å². The minimum absolute atomic E-state index is 0.0255. The Morgan fingerprint density at radius 1 is 1.50 bits per heavy atom. The summed E-state index contributed by atoms with van der Waals surface area (Å²) in [5, 5.41) is 18.7. The fraction of sp³-hybridized carbons (Fsp3) is 0.667. The number of rotatable bonds is 9. The number of amides is 1. The fourth-order valence-corrected chi connectivity index (χ4v) is 1.47. The summed E-state index contributed by atoms with van der Waals surface area (Å²) in [6.07, 6.45) is 2.18. The van der Waals surface area contributed by atoms with Gasteiger partial charge in [0.15, 0.2) is 0 Å². The minimum Gasteiger partial charge on any atom is -0.481 e. The molecule has 20 heavy (non-hydrogen) atoms. The summed E-state index contributed by atoms with van der Waals surface area (Å²) < 4.78 is 6.67. The van der Waals surface area contributed by atoms with E-state index >= 15 is 0 Å². The first kappa shape index (κ1) is 16.1. The Bertz CT molecular complexity index is 444. The molecular weight excluding hydrogens is 264 g/mol. The van der Waals surface area contributed by atoms with E-state index in [0.717, 1.165) is 6.42 Å². The molecule has 112 valence electrons. The SMILES string of the molecule is CC(C)OCCCNC(=O)Cn1cc(CC(=O)O)nn1. The summed E-state index contributed by atoms with van der Waals surface area (Å²) in [5.41, 5.74) is 0.329. The van der Waals surface area contributed by atoms with E-state index in [-0.39, 0.29) is 25.0 Å². The van der Waals surface area contributed by atoms with Crippen molar-refractivity contribution < 1.29 is 19.4 Å². The summed E-state index contributed by atoms with van der Waals surface area (Å²) in [6, 6.07) is 0. The van der Waals surface area contributed by atoms with Gasteiger partial charge in [-0.25, -0.2) is 4.68 Å². The van der Waals surface area contributed by atoms with Crippen LogP contribution in [-0.2, 0) is 27.3 Å². The van der Waals surface area contributed by atoms with Crippen molar-refractivity contribution in [1.82, 2.24) is 20.3 Å². The van der Waals surface area contributed by atoms with Gasteiger partial charge in [0.25, 0.3) is 0 Å².